The molecule has 2 heterocycles. The lowest BCUT2D eigenvalue weighted by Gasteiger charge is -2.26. The summed E-state index contributed by atoms with van der Waals surface area (Å²) in [6.07, 6.45) is -1.20. The van der Waals surface area contributed by atoms with E-state index in [9.17, 15) is 9.90 Å². The van der Waals surface area contributed by atoms with E-state index in [2.05, 4.69) is 0 Å². The lowest BCUT2D eigenvalue weighted by molar-refractivity contribution is -0.0864. The van der Waals surface area contributed by atoms with Crippen molar-refractivity contribution in [3.63, 3.8) is 0 Å². The van der Waals surface area contributed by atoms with Gasteiger partial charge >= 0.3 is 6.09 Å². The molecule has 2 saturated heterocycles. The summed E-state index contributed by atoms with van der Waals surface area (Å²) in [7, 11) is 0. The second-order valence-electron chi connectivity index (χ2n) is 6.82. The van der Waals surface area contributed by atoms with Gasteiger partial charge in [0.25, 0.3) is 0 Å². The molecule has 0 saturated carbocycles. The number of aliphatic hydroxyl groups is 1. The largest absolute Gasteiger partial charge is 0.447 e. The fourth-order valence-electron chi connectivity index (χ4n) is 3.81. The van der Waals surface area contributed by atoms with Crippen molar-refractivity contribution in [2.24, 2.45) is 0 Å². The van der Waals surface area contributed by atoms with Crippen molar-refractivity contribution in [3.05, 3.63) is 71.8 Å². The Balaban J connectivity index is 1.51. The maximum Gasteiger partial charge on any atom is 0.410 e. The zero-order chi connectivity index (χ0) is 18.6. The van der Waals surface area contributed by atoms with Crippen LogP contribution in [-0.2, 0) is 27.4 Å². The highest BCUT2D eigenvalue weighted by molar-refractivity contribution is 5.71. The zero-order valence-corrected chi connectivity index (χ0v) is 14.9. The number of amides is 1. The zero-order valence-electron chi connectivity index (χ0n) is 14.9. The summed E-state index contributed by atoms with van der Waals surface area (Å²) >= 11 is 0. The van der Waals surface area contributed by atoms with Crippen LogP contribution in [0.2, 0.25) is 0 Å². The van der Waals surface area contributed by atoms with E-state index in [1.54, 1.807) is 4.90 Å². The van der Waals surface area contributed by atoms with Gasteiger partial charge in [-0.05, 0) is 11.1 Å². The number of carbonyl (C=O) groups is 1. The summed E-state index contributed by atoms with van der Waals surface area (Å²) in [6.45, 7) is 0.854. The minimum Gasteiger partial charge on any atom is -0.447 e. The van der Waals surface area contributed by atoms with Gasteiger partial charge in [-0.2, -0.15) is 0 Å². The molecule has 4 rings (SSSR count). The van der Waals surface area contributed by atoms with E-state index >= 15 is 0 Å². The number of nitrogens with zero attached hydrogens (tertiary/aromatic N) is 1. The van der Waals surface area contributed by atoms with Gasteiger partial charge in [0.2, 0.25) is 0 Å². The summed E-state index contributed by atoms with van der Waals surface area (Å²) in [5.74, 6) is 0. The number of fused-ring (bicyclic) bond motifs is 1. The van der Waals surface area contributed by atoms with Crippen LogP contribution in [0.4, 0.5) is 4.79 Å². The quantitative estimate of drug-likeness (QED) is 0.811. The summed E-state index contributed by atoms with van der Waals surface area (Å²) in [5, 5.41) is 9.92. The fourth-order valence-corrected chi connectivity index (χ4v) is 3.81. The van der Waals surface area contributed by atoms with E-state index in [0.29, 0.717) is 13.2 Å². The molecule has 0 aromatic heterocycles. The molecule has 2 fully saturated rings. The Morgan fingerprint density at radius 3 is 2.04 bits per heavy atom. The van der Waals surface area contributed by atoms with E-state index in [0.717, 1.165) is 11.1 Å². The molecule has 6 nitrogen and oxygen atoms in total. The van der Waals surface area contributed by atoms with Crippen LogP contribution < -0.4 is 0 Å². The summed E-state index contributed by atoms with van der Waals surface area (Å²) < 4.78 is 17.5. The summed E-state index contributed by atoms with van der Waals surface area (Å²) in [6, 6.07) is 19.0. The lowest BCUT2D eigenvalue weighted by atomic mass is 10.1. The van der Waals surface area contributed by atoms with Crippen molar-refractivity contribution in [2.45, 2.75) is 37.5 Å². The van der Waals surface area contributed by atoms with Gasteiger partial charge in [0.1, 0.15) is 18.8 Å². The molecule has 0 bridgehead atoms. The number of rotatable bonds is 7. The van der Waals surface area contributed by atoms with E-state index in [4.69, 9.17) is 14.2 Å². The van der Waals surface area contributed by atoms with Crippen molar-refractivity contribution in [3.8, 4) is 0 Å². The number of benzene rings is 2. The Bertz CT molecular complexity index is 710. The van der Waals surface area contributed by atoms with Gasteiger partial charge in [0.05, 0.1) is 31.9 Å². The molecule has 6 heteroatoms. The number of hydrogen-bond donors (Lipinski definition) is 1. The van der Waals surface area contributed by atoms with Gasteiger partial charge in [0.15, 0.2) is 0 Å². The van der Waals surface area contributed by atoms with Gasteiger partial charge < -0.3 is 19.3 Å². The van der Waals surface area contributed by atoms with Crippen LogP contribution in [0.3, 0.4) is 0 Å². The topological polar surface area (TPSA) is 68.2 Å². The predicted molar refractivity (Wildman–Crippen MR) is 97.9 cm³/mol. The molecule has 2 aliphatic heterocycles. The number of ether oxygens (including phenoxy) is 3. The number of carbonyl (C=O) groups excluding carboxylic acids is 1. The standard InChI is InChI=1S/C21H23NO5/c23-11-17-19(25-12-15-7-3-1-4-8-15)20(18-14-27-21(24)22(17)18)26-13-16-9-5-2-6-10-16/h1-10,17-20,23H,11-14H2/t17-,18+,19+,20+/m0/s1. The Morgan fingerprint density at radius 2 is 1.48 bits per heavy atom. The lowest BCUT2D eigenvalue weighted by Crippen LogP contribution is -2.42. The highest BCUT2D eigenvalue weighted by Gasteiger charge is 2.56. The molecule has 1 amide bonds. The summed E-state index contributed by atoms with van der Waals surface area (Å²) in [4.78, 5) is 13.7. The highest BCUT2D eigenvalue weighted by Crippen LogP contribution is 2.35. The number of hydrogen-bond acceptors (Lipinski definition) is 5. The Kier molecular flexibility index (Phi) is 5.38. The monoisotopic (exact) mass is 369 g/mol. The molecule has 4 atom stereocenters. The van der Waals surface area contributed by atoms with Crippen LogP contribution in [0.25, 0.3) is 0 Å². The number of aliphatic hydroxyl groups excluding tert-OH is 1. The molecule has 1 N–H and O–H groups in total. The van der Waals surface area contributed by atoms with Crippen LogP contribution in [0.15, 0.2) is 60.7 Å². The molecular formula is C21H23NO5. The van der Waals surface area contributed by atoms with Crippen molar-refractivity contribution in [1.82, 2.24) is 4.90 Å². The third-order valence-electron chi connectivity index (χ3n) is 5.14. The SMILES string of the molecule is O=C1OC[C@@H]2[C@@H](OCc3ccccc3)[C@H](OCc3ccccc3)[C@H](CO)N12. The van der Waals surface area contributed by atoms with E-state index < -0.39 is 18.2 Å². The third kappa shape index (κ3) is 3.69. The normalized spacial score (nSPS) is 26.9. The van der Waals surface area contributed by atoms with Gasteiger partial charge in [0, 0.05) is 0 Å². The van der Waals surface area contributed by atoms with Crippen LogP contribution >= 0.6 is 0 Å². The molecule has 2 aromatic carbocycles. The van der Waals surface area contributed by atoms with Crippen molar-refractivity contribution in [2.75, 3.05) is 13.2 Å². The van der Waals surface area contributed by atoms with Crippen LogP contribution in [0.1, 0.15) is 11.1 Å². The average molecular weight is 369 g/mol. The first-order valence-corrected chi connectivity index (χ1v) is 9.15. The summed E-state index contributed by atoms with van der Waals surface area (Å²) in [5.41, 5.74) is 2.08. The van der Waals surface area contributed by atoms with E-state index in [1.165, 1.54) is 0 Å². The third-order valence-corrected chi connectivity index (χ3v) is 5.14. The predicted octanol–water partition coefficient (Wildman–Crippen LogP) is 2.35. The van der Waals surface area contributed by atoms with Crippen molar-refractivity contribution in [1.29, 1.82) is 0 Å². The second kappa shape index (κ2) is 8.08. The van der Waals surface area contributed by atoms with Gasteiger partial charge in [-0.1, -0.05) is 60.7 Å². The van der Waals surface area contributed by atoms with E-state index in [1.807, 2.05) is 60.7 Å². The molecule has 0 spiro atoms. The van der Waals surface area contributed by atoms with E-state index in [-0.39, 0.29) is 25.4 Å². The first-order valence-electron chi connectivity index (χ1n) is 9.15. The molecular weight excluding hydrogens is 346 g/mol. The Morgan fingerprint density at radius 1 is 0.926 bits per heavy atom. The van der Waals surface area contributed by atoms with Crippen molar-refractivity contribution >= 4 is 6.09 Å². The second-order valence-corrected chi connectivity index (χ2v) is 6.82. The molecule has 0 radical (unpaired) electrons. The molecule has 27 heavy (non-hydrogen) atoms. The smallest absolute Gasteiger partial charge is 0.410 e. The maximum atomic E-state index is 12.1. The van der Waals surface area contributed by atoms with Crippen LogP contribution in [0.5, 0.6) is 0 Å². The molecule has 2 aromatic rings. The molecule has 142 valence electrons. The van der Waals surface area contributed by atoms with Crippen LogP contribution in [0, 0.1) is 0 Å². The maximum absolute atomic E-state index is 12.1. The molecule has 0 unspecified atom stereocenters. The van der Waals surface area contributed by atoms with Gasteiger partial charge in [-0.3, -0.25) is 4.90 Å². The molecule has 2 aliphatic rings. The highest BCUT2D eigenvalue weighted by atomic mass is 16.6. The first kappa shape index (κ1) is 18.0. The van der Waals surface area contributed by atoms with Crippen molar-refractivity contribution < 1.29 is 24.1 Å². The Labute approximate surface area is 158 Å². The van der Waals surface area contributed by atoms with Crippen LogP contribution in [-0.4, -0.2) is 53.6 Å². The minimum absolute atomic E-state index is 0.198. The average Bonchev–Trinajstić information content (AvgIpc) is 3.23. The Hall–Kier alpha value is -2.41. The first-order chi connectivity index (χ1) is 13.3. The van der Waals surface area contributed by atoms with Gasteiger partial charge in [-0.15, -0.1) is 0 Å². The molecule has 0 aliphatic carbocycles. The van der Waals surface area contributed by atoms with Gasteiger partial charge in [-0.25, -0.2) is 4.79 Å². The minimum atomic E-state index is -0.477. The number of cyclic esters (lactones) is 1. The fraction of sp³-hybridized carbons (Fsp3) is 0.381.